The van der Waals surface area contributed by atoms with E-state index in [1.54, 1.807) is 29.2 Å². The molecule has 2 aromatic rings. The smallest absolute Gasteiger partial charge is 0.246 e. The number of hydrogen-bond acceptors (Lipinski definition) is 4. The van der Waals surface area contributed by atoms with Crippen molar-refractivity contribution in [2.45, 2.75) is 0 Å². The maximum atomic E-state index is 13.8. The normalized spacial score (nSPS) is 16.3. The van der Waals surface area contributed by atoms with Crippen molar-refractivity contribution in [3.8, 4) is 10.4 Å². The number of halogens is 1. The highest BCUT2D eigenvalue weighted by Gasteiger charge is 2.24. The summed E-state index contributed by atoms with van der Waals surface area (Å²) in [4.78, 5) is 15.6. The summed E-state index contributed by atoms with van der Waals surface area (Å²) in [5.74, 6) is -0.427. The predicted molar refractivity (Wildman–Crippen MR) is 102 cm³/mol. The standard InChI is InChI=1S/C18H19FN2O3S2/c1-26(23,24)21-12-10-20(11-13-21)18(22)9-7-14-6-8-17(25-14)15-4-2-3-5-16(15)19/h2-9H,10-13H2,1H3/b9-7+. The molecule has 0 radical (unpaired) electrons. The van der Waals surface area contributed by atoms with Crippen LogP contribution in [0.25, 0.3) is 16.5 Å². The van der Waals surface area contributed by atoms with Crippen molar-refractivity contribution in [1.29, 1.82) is 0 Å². The zero-order chi connectivity index (χ0) is 18.7. The largest absolute Gasteiger partial charge is 0.337 e. The first kappa shape index (κ1) is 18.8. The average Bonchev–Trinajstić information content (AvgIpc) is 3.08. The van der Waals surface area contributed by atoms with E-state index in [-0.39, 0.29) is 11.7 Å². The van der Waals surface area contributed by atoms with Crippen LogP contribution in [0.5, 0.6) is 0 Å². The van der Waals surface area contributed by atoms with Crippen molar-refractivity contribution in [3.05, 3.63) is 53.2 Å². The number of amides is 1. The first-order chi connectivity index (χ1) is 12.3. The van der Waals surface area contributed by atoms with Gasteiger partial charge in [-0.25, -0.2) is 12.8 Å². The lowest BCUT2D eigenvalue weighted by molar-refractivity contribution is -0.127. The minimum absolute atomic E-state index is 0.154. The molecule has 1 aromatic carbocycles. The summed E-state index contributed by atoms with van der Waals surface area (Å²) in [5, 5.41) is 0. The molecule has 0 saturated carbocycles. The number of carbonyl (C=O) groups excluding carboxylic acids is 1. The number of piperazine rings is 1. The van der Waals surface area contributed by atoms with Gasteiger partial charge >= 0.3 is 0 Å². The first-order valence-electron chi connectivity index (χ1n) is 8.11. The SMILES string of the molecule is CS(=O)(=O)N1CCN(C(=O)/C=C/c2ccc(-c3ccccc3F)s2)CC1. The molecule has 3 rings (SSSR count). The Hall–Kier alpha value is -2.03. The Kier molecular flexibility index (Phi) is 5.55. The monoisotopic (exact) mass is 394 g/mol. The number of hydrogen-bond donors (Lipinski definition) is 0. The highest BCUT2D eigenvalue weighted by Crippen LogP contribution is 2.30. The van der Waals surface area contributed by atoms with E-state index in [9.17, 15) is 17.6 Å². The van der Waals surface area contributed by atoms with Gasteiger partial charge in [-0.1, -0.05) is 18.2 Å². The zero-order valence-corrected chi connectivity index (χ0v) is 15.9. The van der Waals surface area contributed by atoms with E-state index in [1.807, 2.05) is 12.1 Å². The van der Waals surface area contributed by atoms with Crippen molar-refractivity contribution in [3.63, 3.8) is 0 Å². The molecule has 138 valence electrons. The molecule has 1 amide bonds. The predicted octanol–water partition coefficient (Wildman–Crippen LogP) is 2.67. The van der Waals surface area contributed by atoms with E-state index in [0.29, 0.717) is 31.7 Å². The quantitative estimate of drug-likeness (QED) is 0.749. The van der Waals surface area contributed by atoms with Crippen LogP contribution in [0.2, 0.25) is 0 Å². The number of nitrogens with zero attached hydrogens (tertiary/aromatic N) is 2. The van der Waals surface area contributed by atoms with Crippen molar-refractivity contribution in [2.24, 2.45) is 0 Å². The van der Waals surface area contributed by atoms with Crippen LogP contribution in [0.4, 0.5) is 4.39 Å². The van der Waals surface area contributed by atoms with Gasteiger partial charge in [-0.3, -0.25) is 4.79 Å². The fourth-order valence-electron chi connectivity index (χ4n) is 2.75. The Bertz CT molecular complexity index is 929. The zero-order valence-electron chi connectivity index (χ0n) is 14.3. The minimum atomic E-state index is -3.21. The molecule has 0 unspecified atom stereocenters. The molecule has 1 aliphatic rings. The van der Waals surface area contributed by atoms with Gasteiger partial charge in [-0.05, 0) is 24.3 Å². The van der Waals surface area contributed by atoms with Crippen molar-refractivity contribution in [2.75, 3.05) is 32.4 Å². The molecule has 0 bridgehead atoms. The van der Waals surface area contributed by atoms with Crippen LogP contribution in [0.15, 0.2) is 42.5 Å². The summed E-state index contributed by atoms with van der Waals surface area (Å²) in [5.41, 5.74) is 0.542. The van der Waals surface area contributed by atoms with Crippen molar-refractivity contribution < 1.29 is 17.6 Å². The third-order valence-corrected chi connectivity index (χ3v) is 6.56. The molecule has 1 fully saturated rings. The summed E-state index contributed by atoms with van der Waals surface area (Å²) in [7, 11) is -3.21. The molecule has 0 N–H and O–H groups in total. The highest BCUT2D eigenvalue weighted by atomic mass is 32.2. The third-order valence-electron chi connectivity index (χ3n) is 4.18. The number of sulfonamides is 1. The van der Waals surface area contributed by atoms with Crippen molar-refractivity contribution in [1.82, 2.24) is 9.21 Å². The van der Waals surface area contributed by atoms with Crippen LogP contribution in [0.3, 0.4) is 0 Å². The number of benzene rings is 1. The summed E-state index contributed by atoms with van der Waals surface area (Å²) >= 11 is 1.41. The van der Waals surface area contributed by atoms with Gasteiger partial charge in [0.05, 0.1) is 6.26 Å². The molecule has 0 atom stereocenters. The fraction of sp³-hybridized carbons (Fsp3) is 0.278. The third kappa shape index (κ3) is 4.38. The maximum Gasteiger partial charge on any atom is 0.246 e. The van der Waals surface area contributed by atoms with E-state index in [4.69, 9.17) is 0 Å². The van der Waals surface area contributed by atoms with Crippen LogP contribution in [-0.2, 0) is 14.8 Å². The number of rotatable bonds is 4. The lowest BCUT2D eigenvalue weighted by Gasteiger charge is -2.32. The molecule has 2 heterocycles. The molecule has 0 spiro atoms. The van der Waals surface area contributed by atoms with Gasteiger partial charge in [0.1, 0.15) is 5.82 Å². The Morgan fingerprint density at radius 3 is 2.46 bits per heavy atom. The van der Waals surface area contributed by atoms with Gasteiger partial charge in [-0.2, -0.15) is 4.31 Å². The number of carbonyl (C=O) groups is 1. The van der Waals surface area contributed by atoms with Gasteiger partial charge in [-0.15, -0.1) is 11.3 Å². The lowest BCUT2D eigenvalue weighted by Crippen LogP contribution is -2.49. The average molecular weight is 394 g/mol. The molecule has 1 aliphatic heterocycles. The molecule has 5 nitrogen and oxygen atoms in total. The van der Waals surface area contributed by atoms with Crippen molar-refractivity contribution >= 4 is 33.3 Å². The first-order valence-corrected chi connectivity index (χ1v) is 10.8. The molecule has 8 heteroatoms. The molecule has 1 aromatic heterocycles. The number of thiophene rings is 1. The van der Waals surface area contributed by atoms with Crippen LogP contribution < -0.4 is 0 Å². The minimum Gasteiger partial charge on any atom is -0.337 e. The molecule has 26 heavy (non-hydrogen) atoms. The second-order valence-corrected chi connectivity index (χ2v) is 9.10. The van der Waals surface area contributed by atoms with E-state index < -0.39 is 10.0 Å². The highest BCUT2D eigenvalue weighted by molar-refractivity contribution is 7.88. The van der Waals surface area contributed by atoms with E-state index >= 15 is 0 Å². The van der Waals surface area contributed by atoms with E-state index in [1.165, 1.54) is 34.0 Å². The van der Waals surface area contributed by atoms with E-state index in [0.717, 1.165) is 9.75 Å². The summed E-state index contributed by atoms with van der Waals surface area (Å²) in [6.45, 7) is 1.38. The second kappa shape index (κ2) is 7.69. The van der Waals surface area contributed by atoms with Crippen LogP contribution in [0, 0.1) is 5.82 Å². The van der Waals surface area contributed by atoms with Gasteiger partial charge in [0, 0.05) is 47.6 Å². The Morgan fingerprint density at radius 2 is 1.81 bits per heavy atom. The Balaban J connectivity index is 1.62. The lowest BCUT2D eigenvalue weighted by atomic mass is 10.2. The topological polar surface area (TPSA) is 57.7 Å². The van der Waals surface area contributed by atoms with Crippen LogP contribution in [0.1, 0.15) is 4.88 Å². The van der Waals surface area contributed by atoms with Gasteiger partial charge < -0.3 is 4.90 Å². The fourth-order valence-corrected chi connectivity index (χ4v) is 4.51. The summed E-state index contributed by atoms with van der Waals surface area (Å²) < 4.78 is 38.2. The molecular weight excluding hydrogens is 375 g/mol. The second-order valence-electron chi connectivity index (χ2n) is 6.00. The maximum absolute atomic E-state index is 13.8. The Morgan fingerprint density at radius 1 is 1.12 bits per heavy atom. The van der Waals surface area contributed by atoms with Crippen LogP contribution in [-0.4, -0.2) is 56.0 Å². The van der Waals surface area contributed by atoms with Gasteiger partial charge in [0.2, 0.25) is 15.9 Å². The van der Waals surface area contributed by atoms with Gasteiger partial charge in [0.15, 0.2) is 0 Å². The summed E-state index contributed by atoms with van der Waals surface area (Å²) in [6, 6.07) is 10.3. The van der Waals surface area contributed by atoms with Crippen LogP contribution >= 0.6 is 11.3 Å². The molecule has 1 saturated heterocycles. The van der Waals surface area contributed by atoms with E-state index in [2.05, 4.69) is 0 Å². The Labute approximate surface area is 156 Å². The molecule has 0 aliphatic carbocycles. The summed E-state index contributed by atoms with van der Waals surface area (Å²) in [6.07, 6.45) is 4.36. The van der Waals surface area contributed by atoms with Gasteiger partial charge in [0.25, 0.3) is 0 Å². The molecular formula is C18H19FN2O3S2.